The Morgan fingerprint density at radius 2 is 1.39 bits per heavy atom. The summed E-state index contributed by atoms with van der Waals surface area (Å²) in [5.41, 5.74) is -5.97. The zero-order chi connectivity index (χ0) is 30.2. The Labute approximate surface area is 226 Å². The zero-order valence-corrected chi connectivity index (χ0v) is 20.8. The maximum absolute atomic E-state index is 13.6. The quantitative estimate of drug-likeness (QED) is 0.213. The molecule has 1 heterocycles. The van der Waals surface area contributed by atoms with Crippen LogP contribution in [0, 0.1) is 0 Å². The highest BCUT2D eigenvalue weighted by molar-refractivity contribution is 5.85. The molecule has 4 aromatic rings. The number of ether oxygens (including phenoxy) is 2. The molecule has 2 N–H and O–H groups in total. The molecule has 14 heteroatoms. The van der Waals surface area contributed by atoms with Crippen LogP contribution in [0.25, 0.3) is 22.4 Å². The molecule has 0 radical (unpaired) electrons. The number of rotatable bonds is 7. The van der Waals surface area contributed by atoms with Gasteiger partial charge in [-0.15, -0.1) is 0 Å². The van der Waals surface area contributed by atoms with Crippen LogP contribution in [0.2, 0.25) is 0 Å². The summed E-state index contributed by atoms with van der Waals surface area (Å²) in [6, 6.07) is 10.2. The number of benzene rings is 3. The highest BCUT2D eigenvalue weighted by atomic mass is 19.4. The fraction of sp³-hybridized carbons (Fsp3) is 0.222. The van der Waals surface area contributed by atoms with E-state index < -0.39 is 52.2 Å². The van der Waals surface area contributed by atoms with Gasteiger partial charge in [0.05, 0.1) is 36.1 Å². The predicted octanol–water partition coefficient (Wildman–Crippen LogP) is 8.14. The minimum atomic E-state index is -5.19. The second-order valence-electron chi connectivity index (χ2n) is 8.74. The standard InChI is InChI=1S/C27H19F9N2O3/c1-40-18-4-2-14(3-5-18)8-9-41-21-7-6-19(20-13-22(38-37-20)27(34,35)36)24(39)23(21)15-10-16(25(28,29)30)12-17(11-15)26(31,32)33/h2-7,10-13,39H,8-9H2,1H3,(H,37,38). The van der Waals surface area contributed by atoms with Gasteiger partial charge < -0.3 is 14.6 Å². The van der Waals surface area contributed by atoms with Crippen molar-refractivity contribution in [3.05, 3.63) is 83.0 Å². The number of aromatic nitrogens is 2. The molecule has 0 aliphatic heterocycles. The molecule has 41 heavy (non-hydrogen) atoms. The maximum atomic E-state index is 13.6. The fourth-order valence-corrected chi connectivity index (χ4v) is 3.96. The van der Waals surface area contributed by atoms with Crippen molar-refractivity contribution in [2.24, 2.45) is 0 Å². The topological polar surface area (TPSA) is 67.4 Å². The Balaban J connectivity index is 1.83. The van der Waals surface area contributed by atoms with Gasteiger partial charge in [0.1, 0.15) is 17.2 Å². The molecule has 0 fully saturated rings. The SMILES string of the molecule is COc1ccc(CCOc2ccc(-c3cc(C(F)(F)F)n[nH]3)c(O)c2-c2cc(C(F)(F)F)cc(C(F)(F)F)c2)cc1. The van der Waals surface area contributed by atoms with Crippen molar-refractivity contribution in [1.82, 2.24) is 10.2 Å². The summed E-state index contributed by atoms with van der Waals surface area (Å²) in [6.45, 7) is -0.120. The number of phenols is 1. The molecule has 4 rings (SSSR count). The molecule has 218 valence electrons. The number of hydrogen-bond donors (Lipinski definition) is 2. The Bertz CT molecular complexity index is 1490. The molecule has 0 bridgehead atoms. The Morgan fingerprint density at radius 1 is 0.780 bits per heavy atom. The number of hydrogen-bond acceptors (Lipinski definition) is 4. The number of phenolic OH excluding ortho intramolecular Hbond substituents is 1. The number of nitrogens with zero attached hydrogens (tertiary/aromatic N) is 1. The lowest BCUT2D eigenvalue weighted by Gasteiger charge is -2.19. The molecular formula is C27H19F9N2O3. The normalized spacial score (nSPS) is 12.4. The van der Waals surface area contributed by atoms with E-state index in [1.807, 2.05) is 0 Å². The molecule has 0 saturated heterocycles. The van der Waals surface area contributed by atoms with Crippen molar-refractivity contribution in [1.29, 1.82) is 0 Å². The molecule has 0 aliphatic rings. The van der Waals surface area contributed by atoms with Crippen LogP contribution in [-0.4, -0.2) is 29.0 Å². The summed E-state index contributed by atoms with van der Waals surface area (Å²) in [5.74, 6) is -0.644. The largest absolute Gasteiger partial charge is 0.506 e. The summed E-state index contributed by atoms with van der Waals surface area (Å²) < 4.78 is 131. The third kappa shape index (κ3) is 6.69. The number of aromatic hydroxyl groups is 1. The molecule has 1 aromatic heterocycles. The highest BCUT2D eigenvalue weighted by Crippen LogP contribution is 2.47. The maximum Gasteiger partial charge on any atom is 0.435 e. The van der Waals surface area contributed by atoms with E-state index in [2.05, 4.69) is 10.2 Å². The minimum absolute atomic E-state index is 0.0842. The van der Waals surface area contributed by atoms with Crippen LogP contribution in [0.3, 0.4) is 0 Å². The van der Waals surface area contributed by atoms with Crippen molar-refractivity contribution in [3.63, 3.8) is 0 Å². The second kappa shape index (κ2) is 10.9. The van der Waals surface area contributed by atoms with Gasteiger partial charge in [0.15, 0.2) is 5.69 Å². The second-order valence-corrected chi connectivity index (χ2v) is 8.74. The van der Waals surface area contributed by atoms with E-state index >= 15 is 0 Å². The van der Waals surface area contributed by atoms with Crippen LogP contribution in [0.4, 0.5) is 39.5 Å². The zero-order valence-electron chi connectivity index (χ0n) is 20.8. The van der Waals surface area contributed by atoms with E-state index in [0.717, 1.165) is 17.7 Å². The van der Waals surface area contributed by atoms with Gasteiger partial charge in [-0.3, -0.25) is 5.10 Å². The Morgan fingerprint density at radius 3 is 1.90 bits per heavy atom. The van der Waals surface area contributed by atoms with Crippen LogP contribution < -0.4 is 9.47 Å². The van der Waals surface area contributed by atoms with Crippen LogP contribution in [0.1, 0.15) is 22.4 Å². The lowest BCUT2D eigenvalue weighted by Crippen LogP contribution is -2.11. The van der Waals surface area contributed by atoms with Gasteiger partial charge in [-0.05, 0) is 59.7 Å². The summed E-state index contributed by atoms with van der Waals surface area (Å²) >= 11 is 0. The van der Waals surface area contributed by atoms with E-state index in [-0.39, 0.29) is 36.1 Å². The van der Waals surface area contributed by atoms with Crippen LogP contribution in [-0.2, 0) is 24.9 Å². The first kappa shape index (κ1) is 29.6. The number of H-pyrrole nitrogens is 1. The molecule has 0 saturated carbocycles. The van der Waals surface area contributed by atoms with Gasteiger partial charge in [0.25, 0.3) is 0 Å². The molecule has 0 atom stereocenters. The van der Waals surface area contributed by atoms with Gasteiger partial charge in [0.2, 0.25) is 0 Å². The molecule has 5 nitrogen and oxygen atoms in total. The Hall–Kier alpha value is -4.36. The van der Waals surface area contributed by atoms with E-state index in [1.165, 1.54) is 7.11 Å². The van der Waals surface area contributed by atoms with E-state index in [1.54, 1.807) is 24.3 Å². The third-order valence-electron chi connectivity index (χ3n) is 5.98. The van der Waals surface area contributed by atoms with E-state index in [0.29, 0.717) is 23.9 Å². The monoisotopic (exact) mass is 590 g/mol. The van der Waals surface area contributed by atoms with Crippen molar-refractivity contribution in [2.45, 2.75) is 24.9 Å². The van der Waals surface area contributed by atoms with Crippen molar-refractivity contribution in [2.75, 3.05) is 13.7 Å². The molecule has 3 aromatic carbocycles. The highest BCUT2D eigenvalue weighted by Gasteiger charge is 2.38. The van der Waals surface area contributed by atoms with Gasteiger partial charge in [-0.2, -0.15) is 44.6 Å². The van der Waals surface area contributed by atoms with Crippen LogP contribution in [0.5, 0.6) is 17.2 Å². The fourth-order valence-electron chi connectivity index (χ4n) is 3.96. The number of alkyl halides is 9. The average Bonchev–Trinajstić information content (AvgIpc) is 3.39. The van der Waals surface area contributed by atoms with Crippen molar-refractivity contribution >= 4 is 0 Å². The van der Waals surface area contributed by atoms with Gasteiger partial charge in [0, 0.05) is 12.0 Å². The van der Waals surface area contributed by atoms with Crippen LogP contribution >= 0.6 is 0 Å². The number of nitrogens with one attached hydrogen (secondary N) is 1. The Kier molecular flexibility index (Phi) is 7.87. The molecule has 0 amide bonds. The third-order valence-corrected chi connectivity index (χ3v) is 5.98. The van der Waals surface area contributed by atoms with E-state index in [9.17, 15) is 44.6 Å². The first-order valence-corrected chi connectivity index (χ1v) is 11.6. The summed E-state index contributed by atoms with van der Waals surface area (Å²) in [5, 5.41) is 16.3. The summed E-state index contributed by atoms with van der Waals surface area (Å²) in [4.78, 5) is 0. The van der Waals surface area contributed by atoms with E-state index in [4.69, 9.17) is 9.47 Å². The van der Waals surface area contributed by atoms with Gasteiger partial charge in [-0.1, -0.05) is 12.1 Å². The lowest BCUT2D eigenvalue weighted by molar-refractivity contribution is -0.143. The molecule has 0 spiro atoms. The number of aromatic amines is 1. The molecular weight excluding hydrogens is 571 g/mol. The van der Waals surface area contributed by atoms with Gasteiger partial charge in [-0.25, -0.2) is 0 Å². The van der Waals surface area contributed by atoms with Crippen LogP contribution in [0.15, 0.2) is 60.7 Å². The first-order valence-electron chi connectivity index (χ1n) is 11.6. The summed E-state index contributed by atoms with van der Waals surface area (Å²) in [7, 11) is 1.47. The summed E-state index contributed by atoms with van der Waals surface area (Å²) in [6.07, 6.45) is -15.0. The molecule has 0 aliphatic carbocycles. The average molecular weight is 590 g/mol. The smallest absolute Gasteiger partial charge is 0.435 e. The lowest BCUT2D eigenvalue weighted by atomic mass is 9.95. The number of halogens is 9. The minimum Gasteiger partial charge on any atom is -0.506 e. The number of methoxy groups -OCH3 is 1. The predicted molar refractivity (Wildman–Crippen MR) is 128 cm³/mol. The van der Waals surface area contributed by atoms with Gasteiger partial charge >= 0.3 is 18.5 Å². The molecule has 0 unspecified atom stereocenters. The van der Waals surface area contributed by atoms with Crippen molar-refractivity contribution < 1.29 is 54.1 Å². The first-order chi connectivity index (χ1) is 19.1. The van der Waals surface area contributed by atoms with Crippen molar-refractivity contribution in [3.8, 4) is 39.6 Å².